The number of halogens is 3. The van der Waals surface area contributed by atoms with Gasteiger partial charge in [0, 0.05) is 6.54 Å². The van der Waals surface area contributed by atoms with Crippen molar-refractivity contribution in [2.45, 2.75) is 37.6 Å². The summed E-state index contributed by atoms with van der Waals surface area (Å²) in [5.41, 5.74) is -0.256. The fraction of sp³-hybridized carbons (Fsp3) is 0.600. The lowest BCUT2D eigenvalue weighted by molar-refractivity contribution is -0.137. The van der Waals surface area contributed by atoms with Crippen LogP contribution < -0.4 is 5.32 Å². The van der Waals surface area contributed by atoms with Gasteiger partial charge in [-0.1, -0.05) is 12.1 Å². The summed E-state index contributed by atoms with van der Waals surface area (Å²) >= 11 is 0. The summed E-state index contributed by atoms with van der Waals surface area (Å²) in [5, 5.41) is 22.5. The molecule has 0 heterocycles. The number of alkyl halides is 3. The van der Waals surface area contributed by atoms with Gasteiger partial charge in [-0.3, -0.25) is 0 Å². The van der Waals surface area contributed by atoms with E-state index in [1.807, 2.05) is 0 Å². The van der Waals surface area contributed by atoms with Crippen LogP contribution in [0.3, 0.4) is 0 Å². The molecule has 0 radical (unpaired) electrons. The monoisotopic (exact) mass is 303 g/mol. The van der Waals surface area contributed by atoms with Crippen LogP contribution in [-0.2, 0) is 6.18 Å². The van der Waals surface area contributed by atoms with Crippen LogP contribution in [0, 0.1) is 5.92 Å². The first-order valence-corrected chi connectivity index (χ1v) is 7.10. The number of hydrogen-bond donors (Lipinski definition) is 3. The van der Waals surface area contributed by atoms with E-state index in [2.05, 4.69) is 5.32 Å². The van der Waals surface area contributed by atoms with Crippen LogP contribution >= 0.6 is 0 Å². The number of aliphatic hydroxyl groups is 2. The van der Waals surface area contributed by atoms with E-state index < -0.39 is 17.8 Å². The highest BCUT2D eigenvalue weighted by atomic mass is 19.4. The van der Waals surface area contributed by atoms with Crippen LogP contribution in [0.5, 0.6) is 0 Å². The van der Waals surface area contributed by atoms with Gasteiger partial charge in [0.05, 0.1) is 17.8 Å². The van der Waals surface area contributed by atoms with Crippen molar-refractivity contribution in [1.29, 1.82) is 0 Å². The molecule has 1 aliphatic carbocycles. The first-order valence-electron chi connectivity index (χ1n) is 7.10. The van der Waals surface area contributed by atoms with Crippen LogP contribution in [0.1, 0.15) is 36.5 Å². The van der Waals surface area contributed by atoms with Crippen LogP contribution in [0.4, 0.5) is 13.2 Å². The molecule has 6 heteroatoms. The number of hydrogen-bond acceptors (Lipinski definition) is 3. The van der Waals surface area contributed by atoms with Crippen molar-refractivity contribution in [3.05, 3.63) is 35.4 Å². The van der Waals surface area contributed by atoms with E-state index in [-0.39, 0.29) is 12.6 Å². The summed E-state index contributed by atoms with van der Waals surface area (Å²) in [7, 11) is 0. The molecule has 1 aromatic carbocycles. The molecule has 0 spiro atoms. The van der Waals surface area contributed by atoms with Crippen LogP contribution in [-0.4, -0.2) is 29.4 Å². The van der Waals surface area contributed by atoms with Crippen molar-refractivity contribution >= 4 is 0 Å². The number of rotatable bonds is 5. The third kappa shape index (κ3) is 4.69. The zero-order valence-electron chi connectivity index (χ0n) is 11.6. The smallest absolute Gasteiger partial charge is 0.393 e. The third-order valence-corrected chi connectivity index (χ3v) is 3.91. The van der Waals surface area contributed by atoms with Crippen molar-refractivity contribution in [2.75, 3.05) is 13.1 Å². The Labute approximate surface area is 121 Å². The van der Waals surface area contributed by atoms with E-state index in [9.17, 15) is 23.4 Å². The van der Waals surface area contributed by atoms with E-state index in [1.165, 1.54) is 12.1 Å². The summed E-state index contributed by atoms with van der Waals surface area (Å²) in [6.45, 7) is 0.993. The number of nitrogens with one attached hydrogen (secondary N) is 1. The minimum Gasteiger partial charge on any atom is -0.393 e. The van der Waals surface area contributed by atoms with Crippen LogP contribution in [0.15, 0.2) is 24.3 Å². The summed E-state index contributed by atoms with van der Waals surface area (Å²) in [4.78, 5) is 0. The number of aliphatic hydroxyl groups excluding tert-OH is 2. The third-order valence-electron chi connectivity index (χ3n) is 3.91. The minimum atomic E-state index is -4.36. The first-order chi connectivity index (χ1) is 9.86. The van der Waals surface area contributed by atoms with Gasteiger partial charge in [0.15, 0.2) is 0 Å². The van der Waals surface area contributed by atoms with Crippen molar-refractivity contribution in [3.63, 3.8) is 0 Å². The fourth-order valence-electron chi connectivity index (χ4n) is 2.67. The molecule has 0 aliphatic heterocycles. The Kier molecular flexibility index (Phi) is 5.24. The zero-order valence-corrected chi connectivity index (χ0v) is 11.6. The van der Waals surface area contributed by atoms with Gasteiger partial charge >= 0.3 is 6.18 Å². The molecule has 0 bridgehead atoms. The average molecular weight is 303 g/mol. The van der Waals surface area contributed by atoms with Crippen LogP contribution in [0.25, 0.3) is 0 Å². The highest BCUT2D eigenvalue weighted by Gasteiger charge is 2.30. The normalized spacial score (nSPS) is 24.2. The predicted octanol–water partition coefficient (Wildman–Crippen LogP) is 2.49. The van der Waals surface area contributed by atoms with Crippen molar-refractivity contribution in [1.82, 2.24) is 5.32 Å². The van der Waals surface area contributed by atoms with Gasteiger partial charge in [0.2, 0.25) is 0 Å². The molecule has 1 saturated carbocycles. The topological polar surface area (TPSA) is 52.5 Å². The zero-order chi connectivity index (χ0) is 15.5. The summed E-state index contributed by atoms with van der Waals surface area (Å²) in [5.74, 6) is 0.403. The maximum atomic E-state index is 12.4. The molecule has 0 saturated heterocycles. The quantitative estimate of drug-likeness (QED) is 0.783. The lowest BCUT2D eigenvalue weighted by Gasteiger charge is -2.15. The van der Waals surface area contributed by atoms with E-state index in [4.69, 9.17) is 0 Å². The lowest BCUT2D eigenvalue weighted by Crippen LogP contribution is -2.26. The van der Waals surface area contributed by atoms with Gasteiger partial charge in [0.1, 0.15) is 0 Å². The molecule has 3 unspecified atom stereocenters. The Morgan fingerprint density at radius 2 is 1.86 bits per heavy atom. The maximum Gasteiger partial charge on any atom is 0.416 e. The molecule has 1 aromatic rings. The molecule has 0 aromatic heterocycles. The Balaban J connectivity index is 1.79. The average Bonchev–Trinajstić information content (AvgIpc) is 2.83. The molecule has 1 fully saturated rings. The van der Waals surface area contributed by atoms with Crippen molar-refractivity contribution in [3.8, 4) is 0 Å². The fourth-order valence-corrected chi connectivity index (χ4v) is 2.67. The SMILES string of the molecule is OC1CCC(CNCC(O)c2ccc(C(F)(F)F)cc2)C1. The van der Waals surface area contributed by atoms with Gasteiger partial charge in [-0.05, 0) is 49.4 Å². The molecule has 3 N–H and O–H groups in total. The summed E-state index contributed by atoms with van der Waals surface area (Å²) in [6, 6.07) is 4.56. The second kappa shape index (κ2) is 6.77. The summed E-state index contributed by atoms with van der Waals surface area (Å²) in [6.07, 6.45) is -2.87. The lowest BCUT2D eigenvalue weighted by atomic mass is 10.1. The van der Waals surface area contributed by atoms with Crippen molar-refractivity contribution in [2.24, 2.45) is 5.92 Å². The largest absolute Gasteiger partial charge is 0.416 e. The Morgan fingerprint density at radius 1 is 1.19 bits per heavy atom. The second-order valence-corrected chi connectivity index (χ2v) is 5.63. The standard InChI is InChI=1S/C15H20F3NO2/c16-15(17,18)12-4-2-11(3-5-12)14(21)9-19-8-10-1-6-13(20)7-10/h2-5,10,13-14,19-21H,1,6-9H2. The van der Waals surface area contributed by atoms with Gasteiger partial charge in [-0.2, -0.15) is 13.2 Å². The molecule has 0 amide bonds. The van der Waals surface area contributed by atoms with E-state index in [1.54, 1.807) is 0 Å². The molecule has 21 heavy (non-hydrogen) atoms. The maximum absolute atomic E-state index is 12.4. The van der Waals surface area contributed by atoms with E-state index in [0.29, 0.717) is 18.0 Å². The first kappa shape index (κ1) is 16.3. The van der Waals surface area contributed by atoms with E-state index >= 15 is 0 Å². The molecule has 2 rings (SSSR count). The molecule has 3 atom stereocenters. The van der Waals surface area contributed by atoms with Crippen LogP contribution in [0.2, 0.25) is 0 Å². The molecular formula is C15H20F3NO2. The Morgan fingerprint density at radius 3 is 2.38 bits per heavy atom. The van der Waals surface area contributed by atoms with E-state index in [0.717, 1.165) is 31.4 Å². The Bertz CT molecular complexity index is 447. The minimum absolute atomic E-state index is 0.225. The molecular weight excluding hydrogens is 283 g/mol. The predicted molar refractivity (Wildman–Crippen MR) is 72.6 cm³/mol. The van der Waals surface area contributed by atoms with Gasteiger partial charge in [-0.25, -0.2) is 0 Å². The number of benzene rings is 1. The highest BCUT2D eigenvalue weighted by Crippen LogP contribution is 2.30. The highest BCUT2D eigenvalue weighted by molar-refractivity contribution is 5.26. The Hall–Kier alpha value is -1.11. The van der Waals surface area contributed by atoms with Gasteiger partial charge < -0.3 is 15.5 Å². The van der Waals surface area contributed by atoms with Gasteiger partial charge in [0.25, 0.3) is 0 Å². The molecule has 118 valence electrons. The molecule has 1 aliphatic rings. The molecule has 3 nitrogen and oxygen atoms in total. The van der Waals surface area contributed by atoms with Crippen molar-refractivity contribution < 1.29 is 23.4 Å². The summed E-state index contributed by atoms with van der Waals surface area (Å²) < 4.78 is 37.3. The second-order valence-electron chi connectivity index (χ2n) is 5.63. The van der Waals surface area contributed by atoms with Gasteiger partial charge in [-0.15, -0.1) is 0 Å².